The van der Waals surface area contributed by atoms with E-state index >= 15 is 0 Å². The van der Waals surface area contributed by atoms with Gasteiger partial charge in [0.05, 0.1) is 55.4 Å². The Labute approximate surface area is 842 Å². The monoisotopic (exact) mass is 2010 g/mol. The molecular weight excluding hydrogens is 1860 g/mol. The van der Waals surface area contributed by atoms with Crippen LogP contribution in [0.4, 0.5) is 0 Å². The number of ketones is 2. The van der Waals surface area contributed by atoms with E-state index in [0.717, 1.165) is 83.8 Å². The number of amides is 9. The summed E-state index contributed by atoms with van der Waals surface area (Å²) in [5, 5.41) is 143. The van der Waals surface area contributed by atoms with Crippen LogP contribution < -0.4 is 36.6 Å². The van der Waals surface area contributed by atoms with Gasteiger partial charge in [0.2, 0.25) is 47.1 Å². The second-order valence-corrected chi connectivity index (χ2v) is 40.3. The Morgan fingerprint density at radius 3 is 1.83 bits per heavy atom. The van der Waals surface area contributed by atoms with Crippen LogP contribution >= 0.6 is 0 Å². The van der Waals surface area contributed by atoms with E-state index in [2.05, 4.69) is 63.1 Å². The number of nitrogens with one attached hydrogen (secondary N) is 6. The van der Waals surface area contributed by atoms with E-state index in [4.69, 9.17) is 23.7 Å². The molecule has 1 aliphatic carbocycles. The molecule has 792 valence electrons. The first kappa shape index (κ1) is 115. The summed E-state index contributed by atoms with van der Waals surface area (Å²) in [4.78, 5) is 177. The number of aliphatic hydroxyl groups excluding tert-OH is 9. The average Bonchev–Trinajstić information content (AvgIpc) is 1.63. The van der Waals surface area contributed by atoms with Crippen LogP contribution in [0.15, 0.2) is 133 Å². The lowest BCUT2D eigenvalue weighted by molar-refractivity contribution is -0.208. The van der Waals surface area contributed by atoms with Gasteiger partial charge >= 0.3 is 5.97 Å². The Morgan fingerprint density at radius 1 is 0.597 bits per heavy atom. The zero-order valence-electron chi connectivity index (χ0n) is 84.6. The van der Waals surface area contributed by atoms with E-state index in [1.807, 2.05) is 50.3 Å². The highest BCUT2D eigenvalue weighted by molar-refractivity contribution is 6.39. The van der Waals surface area contributed by atoms with E-state index in [1.165, 1.54) is 95.0 Å². The van der Waals surface area contributed by atoms with E-state index in [-0.39, 0.29) is 98.1 Å². The van der Waals surface area contributed by atoms with Gasteiger partial charge < -0.3 is 126 Å². The molecule has 5 fully saturated rings. The SMILES string of the molecule is CCCCCCc1ccc(-c2ccc(-c3ccc(C(=O)NC4CC(O)C(O)NC(=O)C5C(O)C(C)CN5C(=O)C(C(C)O)NC(=O)C(C(O)C(O)c5ccc(OCCCNC(=O)C=CCC6=CC(C)CC(C)CC(OC)CC(OC)CC(C)C(O)(O)C(=O)C(=O)N7CCCCC7C(=O)OC(C(C)=CC7CCCC(OC)C7)C(C)C(O)CC6=O)cc5)NC(=O)C5CC(O)CN5C(=O)C(C(C)O)NC4=O)cc3)cc2)cc1. The number of unbranched alkanes of at least 4 members (excludes halogenated alkanes) is 3. The minimum absolute atomic E-state index is 0.00143. The molecule has 10 rings (SSSR count). The van der Waals surface area contributed by atoms with Crippen molar-refractivity contribution in [3.63, 3.8) is 0 Å². The minimum Gasteiger partial charge on any atom is -0.494 e. The highest BCUT2D eigenvalue weighted by Gasteiger charge is 2.53. The minimum atomic E-state index is -3.15. The largest absolute Gasteiger partial charge is 0.494 e. The number of carbonyl (C=O) groups is 12. The second-order valence-electron chi connectivity index (χ2n) is 40.3. The number of allylic oxidation sites excluding steroid dienone is 4. The highest BCUT2D eigenvalue weighted by atomic mass is 16.6. The van der Waals surface area contributed by atoms with Gasteiger partial charge in [0, 0.05) is 90.1 Å². The van der Waals surface area contributed by atoms with Crippen LogP contribution in [0.1, 0.15) is 218 Å². The van der Waals surface area contributed by atoms with Crippen molar-refractivity contribution in [3.8, 4) is 28.0 Å². The van der Waals surface area contributed by atoms with Crippen LogP contribution in [0, 0.1) is 35.5 Å². The summed E-state index contributed by atoms with van der Waals surface area (Å²) in [5.41, 5.74) is 5.53. The van der Waals surface area contributed by atoms with Crippen LogP contribution in [0.25, 0.3) is 22.3 Å². The van der Waals surface area contributed by atoms with Gasteiger partial charge in [0.25, 0.3) is 17.6 Å². The van der Waals surface area contributed by atoms with Crippen molar-refractivity contribution in [1.29, 1.82) is 0 Å². The van der Waals surface area contributed by atoms with Crippen molar-refractivity contribution in [2.24, 2.45) is 35.5 Å². The molecule has 144 heavy (non-hydrogen) atoms. The van der Waals surface area contributed by atoms with Gasteiger partial charge in [-0.05, 0) is 203 Å². The number of methoxy groups -OCH3 is 3. The van der Waals surface area contributed by atoms with Crippen LogP contribution in [-0.4, -0.2) is 317 Å². The van der Waals surface area contributed by atoms with Crippen molar-refractivity contribution in [2.75, 3.05) is 54.1 Å². The molecule has 6 aliphatic rings. The third kappa shape index (κ3) is 31.0. The summed E-state index contributed by atoms with van der Waals surface area (Å²) in [6.07, 6.45) is -3.84. The number of hydrogen-bond donors (Lipinski definition) is 17. The fourth-order valence-electron chi connectivity index (χ4n) is 20.2. The first-order chi connectivity index (χ1) is 68.4. The van der Waals surface area contributed by atoms with Gasteiger partial charge in [0.1, 0.15) is 72.5 Å². The lowest BCUT2D eigenvalue weighted by atomic mass is 9.83. The zero-order valence-corrected chi connectivity index (χ0v) is 84.6. The topological polar surface area (TPSA) is 555 Å². The normalized spacial score (nSPS) is 30.2. The molecule has 0 radical (unpaired) electrons. The average molecular weight is 2010 g/mol. The molecule has 4 aromatic carbocycles. The maximum atomic E-state index is 15.0. The van der Waals surface area contributed by atoms with Gasteiger partial charge in [0.15, 0.2) is 12.0 Å². The molecule has 37 nitrogen and oxygen atoms in total. The molecule has 4 saturated heterocycles. The number of hydrogen-bond acceptors (Lipinski definition) is 28. The molecule has 5 heterocycles. The fraction of sp³-hybridized carbons (Fsp3) is 0.607. The molecule has 26 atom stereocenters. The van der Waals surface area contributed by atoms with E-state index in [9.17, 15) is 114 Å². The number of aliphatic hydroxyl groups is 11. The number of Topliss-reactive ketones (excluding diaryl/α,β-unsaturated/α-hetero) is 2. The van der Waals surface area contributed by atoms with Crippen LogP contribution in [0.5, 0.6) is 5.75 Å². The smallest absolute Gasteiger partial charge is 0.329 e. The second kappa shape index (κ2) is 54.2. The van der Waals surface area contributed by atoms with Crippen LogP contribution in [0.3, 0.4) is 0 Å². The van der Waals surface area contributed by atoms with Gasteiger partial charge in [-0.3, -0.25) is 52.7 Å². The third-order valence-electron chi connectivity index (χ3n) is 28.9. The number of aryl methyl sites for hydroxylation is 1. The van der Waals surface area contributed by atoms with E-state index in [0.29, 0.717) is 43.2 Å². The Hall–Kier alpha value is -10.6. The molecule has 0 bridgehead atoms. The molecule has 4 aromatic rings. The number of fused-ring (bicyclic) bond motifs is 3. The van der Waals surface area contributed by atoms with Crippen LogP contribution in [0.2, 0.25) is 0 Å². The summed E-state index contributed by atoms with van der Waals surface area (Å²) in [6, 6.07) is 14.4. The van der Waals surface area contributed by atoms with Crippen molar-refractivity contribution >= 4 is 70.7 Å². The van der Waals surface area contributed by atoms with Gasteiger partial charge in [-0.2, -0.15) is 0 Å². The Balaban J connectivity index is 0.819. The molecular formula is C107H151N9O28. The quantitative estimate of drug-likeness (QED) is 0.00948. The molecule has 26 unspecified atom stereocenters. The molecule has 1 saturated carbocycles. The number of rotatable bonds is 27. The first-order valence-electron chi connectivity index (χ1n) is 50.7. The first-order valence-corrected chi connectivity index (χ1v) is 50.7. The maximum Gasteiger partial charge on any atom is 0.329 e. The molecule has 0 spiro atoms. The van der Waals surface area contributed by atoms with Crippen LogP contribution in [-0.2, 0) is 78.1 Å². The number of nitrogens with zero attached hydrogens (tertiary/aromatic N) is 3. The predicted octanol–water partition coefficient (Wildman–Crippen LogP) is 4.84. The van der Waals surface area contributed by atoms with Gasteiger partial charge in [-0.1, -0.05) is 158 Å². The Bertz CT molecular complexity index is 5070. The van der Waals surface area contributed by atoms with Gasteiger partial charge in [-0.25, -0.2) is 4.79 Å². The van der Waals surface area contributed by atoms with E-state index < -0.39 is 242 Å². The summed E-state index contributed by atoms with van der Waals surface area (Å²) < 4.78 is 29.8. The highest BCUT2D eigenvalue weighted by Crippen LogP contribution is 2.37. The summed E-state index contributed by atoms with van der Waals surface area (Å²) in [5.74, 6) is -19.6. The summed E-state index contributed by atoms with van der Waals surface area (Å²) in [6.45, 7) is 13.5. The zero-order chi connectivity index (χ0) is 105. The molecule has 17 N–H and O–H groups in total. The number of ether oxygens (including phenoxy) is 5. The molecule has 37 heteroatoms. The molecule has 0 aromatic heterocycles. The number of cyclic esters (lactones) is 1. The number of esters is 1. The Morgan fingerprint density at radius 2 is 1.20 bits per heavy atom. The van der Waals surface area contributed by atoms with Gasteiger partial charge in [-0.15, -0.1) is 0 Å². The molecule has 5 aliphatic heterocycles. The van der Waals surface area contributed by atoms with Crippen molar-refractivity contribution in [1.82, 2.24) is 46.6 Å². The lowest BCUT2D eigenvalue weighted by Gasteiger charge is -2.38. The third-order valence-corrected chi connectivity index (χ3v) is 28.9. The summed E-state index contributed by atoms with van der Waals surface area (Å²) in [7, 11) is 4.62. The molecule has 9 amide bonds. The fourth-order valence-corrected chi connectivity index (χ4v) is 20.2. The standard InChI is InChI=1S/C107H151N9O28/c1-13-14-15-16-22-67-28-30-69(31-29-67)70-32-34-71(35-33-70)72-36-38-74(39-37-72)97(128)109-81-55-86(122)100(131)113-102(133)91-92(124)62(5)57-116(91)104(135)89(66(9)118)111-101(132)90(112-99(130)83-53-76(119)58-115(83)103(134)88(65(8)117)110-98(81)129)94(126)93(125)73-40-42-77(43-41-73)143-46-21-44-108-87(123)27-20-24-75-48-59(2)47-60(3)49-79(141-11)54-80(142-12)51-63(6)107(138,139)96(127)105(136)114-45-18-17-26-82(114)106(137)144-95(64(7)84(120)56-85(75)121)61(4)50-68-23-19-25-78(52-68)140-10/h20,27-43,48,50,59-60,62-66,68,76,78-84,86,88-95,100,117-120,122,124-126,131,138-139H,13-19,21-26,44-47,49,51-58H2,1-12H3,(H,108,123)(H,109,128)(H,110,129)(H,111,132)(H,112,130)(H,113,133). The van der Waals surface area contributed by atoms with Crippen molar-refractivity contribution in [2.45, 2.75) is 325 Å². The Kier molecular flexibility index (Phi) is 43.4. The number of benzene rings is 4. The number of carbonyl (C=O) groups excluding carboxylic acids is 12. The predicted molar refractivity (Wildman–Crippen MR) is 530 cm³/mol. The van der Waals surface area contributed by atoms with Crippen molar-refractivity contribution < 1.29 is 137 Å². The maximum absolute atomic E-state index is 15.0. The van der Waals surface area contributed by atoms with E-state index in [1.54, 1.807) is 33.1 Å². The lowest BCUT2D eigenvalue weighted by Crippen LogP contribution is -2.64. The summed E-state index contributed by atoms with van der Waals surface area (Å²) >= 11 is 0. The van der Waals surface area contributed by atoms with Crippen molar-refractivity contribution in [3.05, 3.63) is 149 Å². The number of piperidine rings is 1.